The highest BCUT2D eigenvalue weighted by atomic mass is 35.5. The zero-order chi connectivity index (χ0) is 21.5. The molecule has 0 N–H and O–H groups in total. The first-order chi connectivity index (χ1) is 15.0. The topological polar surface area (TPSA) is 37.4 Å². The van der Waals surface area contributed by atoms with E-state index in [4.69, 9.17) is 23.2 Å². The highest BCUT2D eigenvalue weighted by Gasteiger charge is 2.73. The minimum atomic E-state index is -1.14. The molecular weight excluding hydrogens is 429 g/mol. The van der Waals surface area contributed by atoms with Crippen molar-refractivity contribution in [2.45, 2.75) is 23.1 Å². The Morgan fingerprint density at radius 3 is 1.52 bits per heavy atom. The summed E-state index contributed by atoms with van der Waals surface area (Å²) in [6.45, 7) is 2.01. The summed E-state index contributed by atoms with van der Waals surface area (Å²) in [5.41, 5.74) is 4.84. The van der Waals surface area contributed by atoms with Gasteiger partial charge in [-0.3, -0.25) is 9.59 Å². The molecule has 7 rings (SSSR count). The normalized spacial score (nSPS) is 30.2. The summed E-state index contributed by atoms with van der Waals surface area (Å²) in [6, 6.07) is 22.9. The number of hydrogen-bond acceptors (Lipinski definition) is 2. The molecule has 154 valence electrons. The maximum atomic E-state index is 13.9. The molecule has 0 unspecified atom stereocenters. The van der Waals surface area contributed by atoms with Gasteiger partial charge in [0.15, 0.2) is 0 Å². The zero-order valence-corrected chi connectivity index (χ0v) is 18.3. The number of carbonyl (C=O) groups excluding carboxylic acids is 2. The van der Waals surface area contributed by atoms with E-state index in [0.717, 1.165) is 27.8 Å². The first-order valence-corrected chi connectivity index (χ1v) is 11.2. The van der Waals surface area contributed by atoms with Crippen LogP contribution >= 0.6 is 23.2 Å². The molecule has 3 aromatic rings. The quantitative estimate of drug-likeness (QED) is 0.392. The Labute approximate surface area is 190 Å². The van der Waals surface area contributed by atoms with Crippen molar-refractivity contribution in [3.05, 3.63) is 101 Å². The number of halogens is 2. The van der Waals surface area contributed by atoms with Crippen LogP contribution < -0.4 is 4.90 Å². The van der Waals surface area contributed by atoms with Crippen LogP contribution in [0.4, 0.5) is 5.69 Å². The van der Waals surface area contributed by atoms with Crippen LogP contribution in [0.5, 0.6) is 0 Å². The van der Waals surface area contributed by atoms with Crippen LogP contribution in [-0.4, -0.2) is 11.8 Å². The Morgan fingerprint density at radius 2 is 1.10 bits per heavy atom. The number of aryl methyl sites for hydroxylation is 1. The smallest absolute Gasteiger partial charge is 0.240 e. The SMILES string of the molecule is CCc1ccccc1N1C(=O)[C@H]2[C@H](C1=O)C1(Cl)c3ccccc3C2(Cl)c2ccccc21. The molecule has 1 fully saturated rings. The predicted octanol–water partition coefficient (Wildman–Crippen LogP) is 5.35. The molecule has 1 heterocycles. The van der Waals surface area contributed by atoms with Gasteiger partial charge in [0.25, 0.3) is 0 Å². The number of amides is 2. The summed E-state index contributed by atoms with van der Waals surface area (Å²) < 4.78 is 0. The summed E-state index contributed by atoms with van der Waals surface area (Å²) in [4.78, 5) is 26.9. The van der Waals surface area contributed by atoms with Crippen LogP contribution in [0.1, 0.15) is 34.7 Å². The van der Waals surface area contributed by atoms with Gasteiger partial charge in [0.1, 0.15) is 9.75 Å². The van der Waals surface area contributed by atoms with E-state index < -0.39 is 21.6 Å². The van der Waals surface area contributed by atoms with Gasteiger partial charge < -0.3 is 0 Å². The molecule has 0 aromatic heterocycles. The number of benzene rings is 3. The van der Waals surface area contributed by atoms with E-state index >= 15 is 0 Å². The number of alkyl halides is 2. The Morgan fingerprint density at radius 1 is 0.710 bits per heavy atom. The number of rotatable bonds is 2. The first-order valence-electron chi connectivity index (χ1n) is 10.5. The molecule has 2 bridgehead atoms. The molecule has 0 spiro atoms. The summed E-state index contributed by atoms with van der Waals surface area (Å²) >= 11 is 14.9. The van der Waals surface area contributed by atoms with E-state index in [0.29, 0.717) is 12.1 Å². The van der Waals surface area contributed by atoms with Gasteiger partial charge in [-0.25, -0.2) is 4.90 Å². The van der Waals surface area contributed by atoms with Crippen molar-refractivity contribution in [3.63, 3.8) is 0 Å². The minimum Gasteiger partial charge on any atom is -0.274 e. The van der Waals surface area contributed by atoms with Crippen LogP contribution in [0.25, 0.3) is 0 Å². The van der Waals surface area contributed by atoms with Crippen LogP contribution in [-0.2, 0) is 25.8 Å². The van der Waals surface area contributed by atoms with E-state index in [9.17, 15) is 9.59 Å². The average Bonchev–Trinajstić information content (AvgIpc) is 3.08. The van der Waals surface area contributed by atoms with Gasteiger partial charge in [0, 0.05) is 0 Å². The lowest BCUT2D eigenvalue weighted by atomic mass is 9.54. The number of imide groups is 1. The molecule has 0 radical (unpaired) electrons. The molecular formula is C26H19Cl2NO2. The van der Waals surface area contributed by atoms with Crippen LogP contribution in [0.15, 0.2) is 72.8 Å². The molecule has 2 atom stereocenters. The molecule has 31 heavy (non-hydrogen) atoms. The molecule has 1 aliphatic heterocycles. The van der Waals surface area contributed by atoms with Gasteiger partial charge in [-0.2, -0.15) is 0 Å². The Bertz CT molecular complexity index is 1160. The van der Waals surface area contributed by atoms with Crippen molar-refractivity contribution >= 4 is 40.7 Å². The third-order valence-corrected chi connectivity index (χ3v) is 8.48. The fraction of sp³-hybridized carbons (Fsp3) is 0.231. The number of anilines is 1. The second-order valence-electron chi connectivity index (χ2n) is 8.46. The zero-order valence-electron chi connectivity index (χ0n) is 16.8. The largest absolute Gasteiger partial charge is 0.274 e. The van der Waals surface area contributed by atoms with E-state index in [-0.39, 0.29) is 11.8 Å². The summed E-state index contributed by atoms with van der Waals surface area (Å²) in [7, 11) is 0. The monoisotopic (exact) mass is 447 g/mol. The Kier molecular flexibility index (Phi) is 3.83. The van der Waals surface area contributed by atoms with Gasteiger partial charge in [-0.1, -0.05) is 73.7 Å². The van der Waals surface area contributed by atoms with Gasteiger partial charge in [-0.15, -0.1) is 23.2 Å². The molecule has 3 aromatic carbocycles. The van der Waals surface area contributed by atoms with Gasteiger partial charge in [0.2, 0.25) is 11.8 Å². The molecule has 3 aliphatic carbocycles. The van der Waals surface area contributed by atoms with Crippen molar-refractivity contribution < 1.29 is 9.59 Å². The number of carbonyl (C=O) groups is 2. The second-order valence-corrected chi connectivity index (χ2v) is 9.66. The molecule has 1 saturated heterocycles. The van der Waals surface area contributed by atoms with Crippen LogP contribution in [0.3, 0.4) is 0 Å². The fourth-order valence-corrected chi connectivity index (χ4v) is 7.03. The van der Waals surface area contributed by atoms with Crippen LogP contribution in [0, 0.1) is 11.8 Å². The average molecular weight is 448 g/mol. The number of hydrogen-bond donors (Lipinski definition) is 0. The fourth-order valence-electron chi connectivity index (χ4n) is 5.93. The number of para-hydroxylation sites is 1. The van der Waals surface area contributed by atoms with Crippen molar-refractivity contribution in [2.75, 3.05) is 4.90 Å². The van der Waals surface area contributed by atoms with E-state index in [1.165, 1.54) is 4.90 Å². The molecule has 2 amide bonds. The molecule has 4 aliphatic rings. The number of nitrogens with zero attached hydrogens (tertiary/aromatic N) is 1. The summed E-state index contributed by atoms with van der Waals surface area (Å²) in [5, 5.41) is 0. The first kappa shape index (κ1) is 19.1. The van der Waals surface area contributed by atoms with E-state index in [1.54, 1.807) is 0 Å². The van der Waals surface area contributed by atoms with Crippen molar-refractivity contribution in [1.82, 2.24) is 0 Å². The third kappa shape index (κ3) is 2.07. The third-order valence-electron chi connectivity index (χ3n) is 7.20. The second kappa shape index (κ2) is 6.21. The lowest BCUT2D eigenvalue weighted by molar-refractivity contribution is -0.122. The summed E-state index contributed by atoms with van der Waals surface area (Å²) in [6.07, 6.45) is 0.709. The highest BCUT2D eigenvalue weighted by molar-refractivity contribution is 6.38. The van der Waals surface area contributed by atoms with E-state index in [1.807, 2.05) is 79.7 Å². The van der Waals surface area contributed by atoms with E-state index in [2.05, 4.69) is 0 Å². The van der Waals surface area contributed by atoms with Gasteiger partial charge >= 0.3 is 0 Å². The molecule has 0 saturated carbocycles. The van der Waals surface area contributed by atoms with Crippen LogP contribution in [0.2, 0.25) is 0 Å². The predicted molar refractivity (Wildman–Crippen MR) is 121 cm³/mol. The van der Waals surface area contributed by atoms with Gasteiger partial charge in [-0.05, 0) is 40.3 Å². The van der Waals surface area contributed by atoms with Crippen molar-refractivity contribution in [3.8, 4) is 0 Å². The van der Waals surface area contributed by atoms with Crippen molar-refractivity contribution in [1.29, 1.82) is 0 Å². The lowest BCUT2D eigenvalue weighted by Gasteiger charge is -2.54. The summed E-state index contributed by atoms with van der Waals surface area (Å²) in [5.74, 6) is -2.09. The lowest BCUT2D eigenvalue weighted by Crippen LogP contribution is -2.57. The Balaban J connectivity index is 1.66. The highest BCUT2D eigenvalue weighted by Crippen LogP contribution is 2.69. The minimum absolute atomic E-state index is 0.278. The maximum Gasteiger partial charge on any atom is 0.240 e. The molecule has 5 heteroatoms. The Hall–Kier alpha value is -2.62. The maximum absolute atomic E-state index is 13.9. The molecule has 3 nitrogen and oxygen atoms in total. The van der Waals surface area contributed by atoms with Crippen molar-refractivity contribution in [2.24, 2.45) is 11.8 Å². The standard InChI is InChI=1S/C26H19Cl2NO2/c1-2-15-9-3-8-14-20(15)29-23(30)21-22(24(29)31)26(28)17-11-5-4-10-16(17)25(21,27)18-12-6-7-13-19(18)26/h3-14,21-22H,2H2,1H3/t21-,22-,25?,26?/m1/s1. The van der Waals surface area contributed by atoms with Gasteiger partial charge in [0.05, 0.1) is 17.5 Å².